The lowest BCUT2D eigenvalue weighted by Gasteiger charge is -2.10. The summed E-state index contributed by atoms with van der Waals surface area (Å²) >= 11 is 0. The Labute approximate surface area is 97.3 Å². The van der Waals surface area contributed by atoms with Crippen molar-refractivity contribution in [3.05, 3.63) is 29.8 Å². The van der Waals surface area contributed by atoms with Gasteiger partial charge in [-0.1, -0.05) is 6.07 Å². The third kappa shape index (κ3) is 3.75. The molecule has 0 aliphatic rings. The summed E-state index contributed by atoms with van der Waals surface area (Å²) in [6.45, 7) is 1.61. The number of carbonyl (C=O) groups excluding carboxylic acids is 2. The molecule has 92 valence electrons. The molecule has 0 bridgehead atoms. The molecular weight excluding hydrogens is 229 g/mol. The van der Waals surface area contributed by atoms with Crippen LogP contribution in [-0.4, -0.2) is 24.8 Å². The number of hydrogen-bond acceptors (Lipinski definition) is 4. The van der Waals surface area contributed by atoms with Gasteiger partial charge in [-0.2, -0.15) is 4.39 Å². The van der Waals surface area contributed by atoms with Crippen molar-refractivity contribution in [1.82, 2.24) is 0 Å². The molecule has 0 radical (unpaired) electrons. The SMILES string of the molecule is CCOC(=O)C(F)Oc1cccc(C(N)=O)c1. The second-order valence-corrected chi connectivity index (χ2v) is 3.08. The maximum absolute atomic E-state index is 13.2. The smallest absolute Gasteiger partial charge is 0.381 e. The number of halogens is 1. The van der Waals surface area contributed by atoms with Crippen molar-refractivity contribution < 1.29 is 23.5 Å². The van der Waals surface area contributed by atoms with Crippen molar-refractivity contribution in [1.29, 1.82) is 0 Å². The van der Waals surface area contributed by atoms with Gasteiger partial charge in [0, 0.05) is 5.56 Å². The van der Waals surface area contributed by atoms with Crippen LogP contribution >= 0.6 is 0 Å². The maximum atomic E-state index is 13.2. The summed E-state index contributed by atoms with van der Waals surface area (Å²) in [7, 11) is 0. The minimum atomic E-state index is -2.22. The molecule has 1 rings (SSSR count). The molecule has 1 aromatic rings. The number of ether oxygens (including phenoxy) is 2. The summed E-state index contributed by atoms with van der Waals surface area (Å²) in [6.07, 6.45) is -2.22. The van der Waals surface area contributed by atoms with E-state index in [0.29, 0.717) is 0 Å². The van der Waals surface area contributed by atoms with E-state index in [2.05, 4.69) is 9.47 Å². The number of alkyl halides is 1. The quantitative estimate of drug-likeness (QED) is 0.781. The summed E-state index contributed by atoms with van der Waals surface area (Å²) in [5, 5.41) is 0. The maximum Gasteiger partial charge on any atom is 0.381 e. The Hall–Kier alpha value is -2.11. The first-order valence-corrected chi connectivity index (χ1v) is 4.91. The van der Waals surface area contributed by atoms with E-state index in [-0.39, 0.29) is 17.9 Å². The third-order valence-electron chi connectivity index (χ3n) is 1.83. The van der Waals surface area contributed by atoms with Crippen LogP contribution in [0.4, 0.5) is 4.39 Å². The Kier molecular flexibility index (Phi) is 4.45. The fourth-order valence-electron chi connectivity index (χ4n) is 1.10. The molecule has 0 spiro atoms. The average molecular weight is 241 g/mol. The normalized spacial score (nSPS) is 11.6. The molecule has 0 saturated carbocycles. The zero-order valence-corrected chi connectivity index (χ0v) is 9.18. The van der Waals surface area contributed by atoms with Crippen molar-refractivity contribution in [3.63, 3.8) is 0 Å². The molecule has 0 aromatic heterocycles. The second kappa shape index (κ2) is 5.83. The van der Waals surface area contributed by atoms with Crippen LogP contribution in [0.15, 0.2) is 24.3 Å². The minimum Gasteiger partial charge on any atom is -0.461 e. The molecule has 1 aromatic carbocycles. The molecule has 0 aliphatic carbocycles. The predicted molar refractivity (Wildman–Crippen MR) is 57.1 cm³/mol. The van der Waals surface area contributed by atoms with Crippen LogP contribution in [0.5, 0.6) is 5.75 Å². The zero-order chi connectivity index (χ0) is 12.8. The number of esters is 1. The van der Waals surface area contributed by atoms with Crippen molar-refractivity contribution in [2.75, 3.05) is 6.61 Å². The largest absolute Gasteiger partial charge is 0.461 e. The molecule has 1 atom stereocenters. The molecule has 1 amide bonds. The lowest BCUT2D eigenvalue weighted by Crippen LogP contribution is -2.24. The van der Waals surface area contributed by atoms with Gasteiger partial charge in [0.05, 0.1) is 6.61 Å². The first kappa shape index (κ1) is 13.0. The van der Waals surface area contributed by atoms with E-state index in [0.717, 1.165) is 0 Å². The Balaban J connectivity index is 2.71. The van der Waals surface area contributed by atoms with Gasteiger partial charge in [-0.05, 0) is 25.1 Å². The third-order valence-corrected chi connectivity index (χ3v) is 1.83. The molecule has 2 N–H and O–H groups in total. The van der Waals surface area contributed by atoms with Crippen LogP contribution < -0.4 is 10.5 Å². The molecular formula is C11H12FNO4. The highest BCUT2D eigenvalue weighted by atomic mass is 19.1. The van der Waals surface area contributed by atoms with Crippen LogP contribution in [-0.2, 0) is 9.53 Å². The second-order valence-electron chi connectivity index (χ2n) is 3.08. The van der Waals surface area contributed by atoms with Crippen LogP contribution in [0.2, 0.25) is 0 Å². The van der Waals surface area contributed by atoms with Crippen molar-refractivity contribution in [3.8, 4) is 5.75 Å². The van der Waals surface area contributed by atoms with E-state index < -0.39 is 18.2 Å². The van der Waals surface area contributed by atoms with Crippen LogP contribution in [0.3, 0.4) is 0 Å². The van der Waals surface area contributed by atoms with Gasteiger partial charge in [0.1, 0.15) is 5.75 Å². The highest BCUT2D eigenvalue weighted by Crippen LogP contribution is 2.15. The molecule has 0 saturated heterocycles. The Bertz CT molecular complexity index is 422. The van der Waals surface area contributed by atoms with Gasteiger partial charge >= 0.3 is 12.3 Å². The van der Waals surface area contributed by atoms with Gasteiger partial charge in [-0.15, -0.1) is 0 Å². The van der Waals surface area contributed by atoms with Gasteiger partial charge in [0.2, 0.25) is 5.91 Å². The van der Waals surface area contributed by atoms with Gasteiger partial charge < -0.3 is 15.2 Å². The average Bonchev–Trinajstić information content (AvgIpc) is 2.29. The van der Waals surface area contributed by atoms with Crippen molar-refractivity contribution in [2.45, 2.75) is 13.3 Å². The Morgan fingerprint density at radius 3 is 2.76 bits per heavy atom. The number of rotatable bonds is 5. The summed E-state index contributed by atoms with van der Waals surface area (Å²) in [6, 6.07) is 5.56. The highest BCUT2D eigenvalue weighted by Gasteiger charge is 2.20. The lowest BCUT2D eigenvalue weighted by molar-refractivity contribution is -0.159. The van der Waals surface area contributed by atoms with Crippen molar-refractivity contribution >= 4 is 11.9 Å². The fourth-order valence-corrected chi connectivity index (χ4v) is 1.10. The van der Waals surface area contributed by atoms with E-state index >= 15 is 0 Å². The summed E-state index contributed by atoms with van der Waals surface area (Å²) in [5.74, 6) is -1.75. The number of amides is 1. The van der Waals surface area contributed by atoms with Gasteiger partial charge in [0.25, 0.3) is 0 Å². The zero-order valence-electron chi connectivity index (χ0n) is 9.18. The monoisotopic (exact) mass is 241 g/mol. The summed E-state index contributed by atoms with van der Waals surface area (Å²) < 4.78 is 22.3. The van der Waals surface area contributed by atoms with Crippen molar-refractivity contribution in [2.24, 2.45) is 5.73 Å². The first-order valence-electron chi connectivity index (χ1n) is 4.91. The molecule has 6 heteroatoms. The topological polar surface area (TPSA) is 78.6 Å². The van der Waals surface area contributed by atoms with Gasteiger partial charge in [0.15, 0.2) is 0 Å². The number of hydrogen-bond donors (Lipinski definition) is 1. The predicted octanol–water partition coefficient (Wildman–Crippen LogP) is 1.02. The van der Waals surface area contributed by atoms with Gasteiger partial charge in [-0.3, -0.25) is 4.79 Å². The molecule has 1 unspecified atom stereocenters. The van der Waals surface area contributed by atoms with Gasteiger partial charge in [-0.25, -0.2) is 4.79 Å². The molecule has 0 fully saturated rings. The molecule has 0 aliphatic heterocycles. The molecule has 0 heterocycles. The van der Waals surface area contributed by atoms with E-state index in [1.54, 1.807) is 6.92 Å². The summed E-state index contributed by atoms with van der Waals surface area (Å²) in [4.78, 5) is 21.8. The van der Waals surface area contributed by atoms with E-state index in [1.165, 1.54) is 24.3 Å². The van der Waals surface area contributed by atoms with Crippen LogP contribution in [0.25, 0.3) is 0 Å². The Morgan fingerprint density at radius 2 is 2.18 bits per heavy atom. The summed E-state index contributed by atoms with van der Waals surface area (Å²) in [5.41, 5.74) is 5.21. The number of benzene rings is 1. The number of primary amides is 1. The lowest BCUT2D eigenvalue weighted by atomic mass is 10.2. The van der Waals surface area contributed by atoms with E-state index in [1.807, 2.05) is 0 Å². The molecule has 17 heavy (non-hydrogen) atoms. The Morgan fingerprint density at radius 1 is 1.47 bits per heavy atom. The minimum absolute atomic E-state index is 0.0295. The standard InChI is InChI=1S/C11H12FNO4/c1-2-16-11(15)9(12)17-8-5-3-4-7(6-8)10(13)14/h3-6,9H,2H2,1H3,(H2,13,14). The number of carbonyl (C=O) groups is 2. The highest BCUT2D eigenvalue weighted by molar-refractivity contribution is 5.93. The first-order chi connectivity index (χ1) is 8.04. The number of nitrogens with two attached hydrogens (primary N) is 1. The van der Waals surface area contributed by atoms with E-state index in [9.17, 15) is 14.0 Å². The van der Waals surface area contributed by atoms with E-state index in [4.69, 9.17) is 5.73 Å². The molecule has 5 nitrogen and oxygen atoms in total. The fraction of sp³-hybridized carbons (Fsp3) is 0.273. The van der Waals surface area contributed by atoms with Crippen LogP contribution in [0.1, 0.15) is 17.3 Å². The van der Waals surface area contributed by atoms with Crippen LogP contribution in [0, 0.1) is 0 Å².